The predicted octanol–water partition coefficient (Wildman–Crippen LogP) is 2.82. The van der Waals surface area contributed by atoms with E-state index in [1.165, 1.54) is 22.7 Å². The molecule has 2 aromatic heterocycles. The lowest BCUT2D eigenvalue weighted by molar-refractivity contribution is 0.0936. The number of H-pyrrole nitrogens is 1. The van der Waals surface area contributed by atoms with Crippen LogP contribution in [0.1, 0.15) is 40.1 Å². The van der Waals surface area contributed by atoms with Gasteiger partial charge in [0.15, 0.2) is 11.2 Å². The zero-order valence-corrected chi connectivity index (χ0v) is 15.6. The number of carbonyl (C=O) groups excluding carboxylic acids is 1. The molecular formula is C20H18FN5O2. The first-order valence-corrected chi connectivity index (χ1v) is 8.80. The molecule has 8 heteroatoms. The lowest BCUT2D eigenvalue weighted by Gasteiger charge is -2.16. The van der Waals surface area contributed by atoms with Gasteiger partial charge in [-0.25, -0.2) is 8.91 Å². The highest BCUT2D eigenvalue weighted by Gasteiger charge is 2.22. The lowest BCUT2D eigenvalue weighted by Crippen LogP contribution is -2.28. The van der Waals surface area contributed by atoms with Crippen LogP contribution in [0.4, 0.5) is 4.39 Å². The molecule has 0 saturated carbocycles. The summed E-state index contributed by atoms with van der Waals surface area (Å²) in [6.45, 7) is 5.85. The molecule has 1 amide bonds. The minimum absolute atomic E-state index is 0.0180. The van der Waals surface area contributed by atoms with Crippen molar-refractivity contribution in [3.8, 4) is 0 Å². The van der Waals surface area contributed by atoms with Gasteiger partial charge in [-0.3, -0.25) is 9.59 Å². The summed E-state index contributed by atoms with van der Waals surface area (Å²) in [6, 6.07) is 9.63. The van der Waals surface area contributed by atoms with E-state index in [1.807, 2.05) is 39.0 Å². The first-order chi connectivity index (χ1) is 13.3. The number of nitrogens with one attached hydrogen (secondary N) is 2. The molecule has 7 nitrogen and oxygen atoms in total. The van der Waals surface area contributed by atoms with Crippen LogP contribution in [0, 0.1) is 19.7 Å². The Hall–Kier alpha value is -3.55. The van der Waals surface area contributed by atoms with E-state index in [2.05, 4.69) is 20.6 Å². The number of amides is 1. The number of aromatic nitrogens is 4. The van der Waals surface area contributed by atoms with Crippen molar-refractivity contribution in [3.63, 3.8) is 0 Å². The number of carbonyl (C=O) groups is 1. The predicted molar refractivity (Wildman–Crippen MR) is 103 cm³/mol. The van der Waals surface area contributed by atoms with Crippen molar-refractivity contribution >= 4 is 22.5 Å². The standard InChI is InChI=1S/C20H18FN5O2/c1-10-4-6-14(11(2)8-10)12(3)22-19(27)17-18-20(28)23-15-9-13(21)5-7-16(15)26(18)25-24-17/h4-9,12H,1-3H3,(H,22,27)(H,23,28)/t12-/m1/s1. The Bertz CT molecular complexity index is 1290. The molecule has 0 aliphatic heterocycles. The van der Waals surface area contributed by atoms with Gasteiger partial charge in [-0.15, -0.1) is 5.10 Å². The second kappa shape index (κ2) is 6.56. The summed E-state index contributed by atoms with van der Waals surface area (Å²) in [5.74, 6) is -0.989. The molecule has 0 aliphatic rings. The number of aryl methyl sites for hydroxylation is 2. The fourth-order valence-electron chi connectivity index (χ4n) is 3.44. The molecule has 0 unspecified atom stereocenters. The van der Waals surface area contributed by atoms with Crippen LogP contribution in [0.3, 0.4) is 0 Å². The van der Waals surface area contributed by atoms with Crippen LogP contribution in [-0.2, 0) is 0 Å². The zero-order valence-electron chi connectivity index (χ0n) is 15.6. The van der Waals surface area contributed by atoms with Gasteiger partial charge in [0.1, 0.15) is 5.82 Å². The molecule has 4 aromatic rings. The summed E-state index contributed by atoms with van der Waals surface area (Å²) in [5, 5.41) is 10.7. The van der Waals surface area contributed by atoms with Crippen LogP contribution in [0.2, 0.25) is 0 Å². The van der Waals surface area contributed by atoms with Gasteiger partial charge in [0.2, 0.25) is 0 Å². The second-order valence-corrected chi connectivity index (χ2v) is 6.87. The molecule has 2 aromatic carbocycles. The summed E-state index contributed by atoms with van der Waals surface area (Å²) < 4.78 is 14.7. The van der Waals surface area contributed by atoms with Gasteiger partial charge in [-0.05, 0) is 50.1 Å². The maximum atomic E-state index is 13.4. The summed E-state index contributed by atoms with van der Waals surface area (Å²) in [5.41, 5.74) is 3.28. The molecule has 0 spiro atoms. The van der Waals surface area contributed by atoms with Gasteiger partial charge in [0.25, 0.3) is 11.5 Å². The smallest absolute Gasteiger partial charge is 0.277 e. The van der Waals surface area contributed by atoms with Crippen molar-refractivity contribution in [1.29, 1.82) is 0 Å². The van der Waals surface area contributed by atoms with E-state index in [9.17, 15) is 14.0 Å². The van der Waals surface area contributed by atoms with E-state index >= 15 is 0 Å². The average Bonchev–Trinajstić information content (AvgIpc) is 3.07. The third kappa shape index (κ3) is 2.92. The van der Waals surface area contributed by atoms with Crippen LogP contribution in [0.5, 0.6) is 0 Å². The van der Waals surface area contributed by atoms with Gasteiger partial charge in [-0.1, -0.05) is 29.0 Å². The van der Waals surface area contributed by atoms with Crippen molar-refractivity contribution in [1.82, 2.24) is 25.1 Å². The minimum Gasteiger partial charge on any atom is -0.344 e. The molecule has 142 valence electrons. The monoisotopic (exact) mass is 379 g/mol. The van der Waals surface area contributed by atoms with E-state index in [4.69, 9.17) is 0 Å². The van der Waals surface area contributed by atoms with E-state index < -0.39 is 17.3 Å². The van der Waals surface area contributed by atoms with Crippen LogP contribution >= 0.6 is 0 Å². The number of aromatic amines is 1. The maximum absolute atomic E-state index is 13.4. The molecule has 0 fully saturated rings. The van der Waals surface area contributed by atoms with E-state index in [0.717, 1.165) is 16.7 Å². The normalized spacial score (nSPS) is 12.4. The molecule has 4 rings (SSSR count). The highest BCUT2D eigenvalue weighted by molar-refractivity contribution is 5.99. The van der Waals surface area contributed by atoms with E-state index in [0.29, 0.717) is 5.52 Å². The van der Waals surface area contributed by atoms with Gasteiger partial charge in [0.05, 0.1) is 17.1 Å². The molecule has 0 bridgehead atoms. The van der Waals surface area contributed by atoms with Gasteiger partial charge >= 0.3 is 0 Å². The summed E-state index contributed by atoms with van der Waals surface area (Å²) in [7, 11) is 0. The maximum Gasteiger partial charge on any atom is 0.277 e. The fourth-order valence-corrected chi connectivity index (χ4v) is 3.44. The van der Waals surface area contributed by atoms with Gasteiger partial charge in [0, 0.05) is 0 Å². The summed E-state index contributed by atoms with van der Waals surface area (Å²) in [6.07, 6.45) is 0. The largest absolute Gasteiger partial charge is 0.344 e. The third-order valence-electron chi connectivity index (χ3n) is 4.77. The molecule has 0 saturated heterocycles. The molecule has 0 aliphatic carbocycles. The van der Waals surface area contributed by atoms with Crippen molar-refractivity contribution in [2.45, 2.75) is 26.8 Å². The van der Waals surface area contributed by atoms with Crippen LogP contribution in [0.25, 0.3) is 16.6 Å². The highest BCUT2D eigenvalue weighted by Crippen LogP contribution is 2.20. The fraction of sp³-hybridized carbons (Fsp3) is 0.200. The van der Waals surface area contributed by atoms with E-state index in [-0.39, 0.29) is 22.8 Å². The SMILES string of the molecule is Cc1ccc([C@@H](C)NC(=O)c2nnn3c2c(=O)[nH]c2cc(F)ccc23)c(C)c1. The Labute approximate surface area is 159 Å². The minimum atomic E-state index is -0.563. The molecule has 0 radical (unpaired) electrons. The third-order valence-corrected chi connectivity index (χ3v) is 4.77. The van der Waals surface area contributed by atoms with Gasteiger partial charge < -0.3 is 10.3 Å². The van der Waals surface area contributed by atoms with Crippen molar-refractivity contribution in [2.75, 3.05) is 0 Å². The lowest BCUT2D eigenvalue weighted by atomic mass is 10.0. The number of halogens is 1. The number of hydrogen-bond donors (Lipinski definition) is 2. The number of fused-ring (bicyclic) bond motifs is 3. The highest BCUT2D eigenvalue weighted by atomic mass is 19.1. The zero-order chi connectivity index (χ0) is 20.0. The van der Waals surface area contributed by atoms with Crippen LogP contribution < -0.4 is 10.9 Å². The summed E-state index contributed by atoms with van der Waals surface area (Å²) in [4.78, 5) is 27.8. The van der Waals surface area contributed by atoms with Gasteiger partial charge in [-0.2, -0.15) is 0 Å². The van der Waals surface area contributed by atoms with E-state index in [1.54, 1.807) is 0 Å². The van der Waals surface area contributed by atoms with Crippen molar-refractivity contribution < 1.29 is 9.18 Å². The molecular weight excluding hydrogens is 361 g/mol. The Morgan fingerprint density at radius 1 is 1.21 bits per heavy atom. The number of benzene rings is 2. The number of hydrogen-bond acceptors (Lipinski definition) is 4. The molecule has 2 heterocycles. The Morgan fingerprint density at radius 3 is 2.75 bits per heavy atom. The first-order valence-electron chi connectivity index (χ1n) is 8.80. The summed E-state index contributed by atoms with van der Waals surface area (Å²) >= 11 is 0. The van der Waals surface area contributed by atoms with Crippen LogP contribution in [0.15, 0.2) is 41.2 Å². The Morgan fingerprint density at radius 2 is 2.00 bits per heavy atom. The number of nitrogens with zero attached hydrogens (tertiary/aromatic N) is 3. The van der Waals surface area contributed by atoms with Crippen molar-refractivity contribution in [2.24, 2.45) is 0 Å². The molecule has 28 heavy (non-hydrogen) atoms. The van der Waals surface area contributed by atoms with Crippen LogP contribution in [-0.4, -0.2) is 25.7 Å². The average molecular weight is 379 g/mol. The molecule has 1 atom stereocenters. The Kier molecular flexibility index (Phi) is 4.18. The first kappa shape index (κ1) is 17.8. The Balaban J connectivity index is 1.73. The topological polar surface area (TPSA) is 92.2 Å². The van der Waals surface area contributed by atoms with Crippen molar-refractivity contribution in [3.05, 3.63) is 75.0 Å². The second-order valence-electron chi connectivity index (χ2n) is 6.87. The molecule has 2 N–H and O–H groups in total. The number of rotatable bonds is 3. The quantitative estimate of drug-likeness (QED) is 0.573.